The Kier molecular flexibility index (Phi) is 3.57. The van der Waals surface area contributed by atoms with E-state index in [0.29, 0.717) is 5.69 Å². The van der Waals surface area contributed by atoms with E-state index in [1.54, 1.807) is 26.0 Å². The second kappa shape index (κ2) is 4.53. The lowest BCUT2D eigenvalue weighted by Gasteiger charge is -2.18. The predicted octanol–water partition coefficient (Wildman–Crippen LogP) is 1.92. The first-order chi connectivity index (χ1) is 6.89. The average Bonchev–Trinajstić information content (AvgIpc) is 2.14. The van der Waals surface area contributed by atoms with Crippen LogP contribution in [0.1, 0.15) is 19.5 Å². The number of hydrogen-bond donors (Lipinski definition) is 1. The van der Waals surface area contributed by atoms with Crippen molar-refractivity contribution in [3.8, 4) is 5.88 Å². The lowest BCUT2D eigenvalue weighted by molar-refractivity contribution is 0.0794. The van der Waals surface area contributed by atoms with Gasteiger partial charge in [-0.05, 0) is 19.9 Å². The van der Waals surface area contributed by atoms with E-state index >= 15 is 0 Å². The van der Waals surface area contributed by atoms with Crippen LogP contribution in [0.3, 0.4) is 0 Å². The minimum atomic E-state index is -2.50. The molecule has 0 aromatic carbocycles. The van der Waals surface area contributed by atoms with E-state index in [9.17, 15) is 8.78 Å². The summed E-state index contributed by atoms with van der Waals surface area (Å²) in [6, 6.07) is 4.94. The van der Waals surface area contributed by atoms with Crippen LogP contribution in [-0.2, 0) is 5.54 Å². The number of halogens is 2. The maximum absolute atomic E-state index is 11.9. The zero-order valence-electron chi connectivity index (χ0n) is 8.71. The fourth-order valence-electron chi connectivity index (χ4n) is 1.00. The fourth-order valence-corrected chi connectivity index (χ4v) is 1.00. The van der Waals surface area contributed by atoms with Crippen LogP contribution in [-0.4, -0.2) is 18.0 Å². The van der Waals surface area contributed by atoms with Gasteiger partial charge in [-0.15, -0.1) is 0 Å². The summed E-state index contributed by atoms with van der Waals surface area (Å²) in [5.74, 6) is 0.173. The van der Waals surface area contributed by atoms with Gasteiger partial charge in [0, 0.05) is 6.07 Å². The molecule has 0 spiro atoms. The molecule has 0 amide bonds. The van der Waals surface area contributed by atoms with Gasteiger partial charge in [0.1, 0.15) is 0 Å². The Morgan fingerprint density at radius 1 is 1.47 bits per heavy atom. The van der Waals surface area contributed by atoms with Crippen molar-refractivity contribution < 1.29 is 13.5 Å². The SMILES string of the molecule is CC(C)(N)c1cccc(OCC(F)F)n1. The molecule has 0 saturated heterocycles. The Morgan fingerprint density at radius 2 is 2.13 bits per heavy atom. The van der Waals surface area contributed by atoms with E-state index in [-0.39, 0.29) is 5.88 Å². The molecule has 0 fully saturated rings. The first-order valence-corrected chi connectivity index (χ1v) is 4.57. The van der Waals surface area contributed by atoms with Gasteiger partial charge in [-0.25, -0.2) is 13.8 Å². The van der Waals surface area contributed by atoms with Crippen LogP contribution in [0.5, 0.6) is 5.88 Å². The summed E-state index contributed by atoms with van der Waals surface area (Å²) in [6.07, 6.45) is -2.50. The van der Waals surface area contributed by atoms with Gasteiger partial charge < -0.3 is 10.5 Å². The Balaban J connectivity index is 2.75. The minimum absolute atomic E-state index is 0.173. The van der Waals surface area contributed by atoms with Crippen molar-refractivity contribution in [3.05, 3.63) is 23.9 Å². The van der Waals surface area contributed by atoms with Gasteiger partial charge in [0.15, 0.2) is 6.61 Å². The minimum Gasteiger partial charge on any atom is -0.472 e. The van der Waals surface area contributed by atoms with Gasteiger partial charge in [0.25, 0.3) is 6.43 Å². The molecule has 0 radical (unpaired) electrons. The fraction of sp³-hybridized carbons (Fsp3) is 0.500. The highest BCUT2D eigenvalue weighted by atomic mass is 19.3. The van der Waals surface area contributed by atoms with E-state index in [0.717, 1.165) is 0 Å². The third kappa shape index (κ3) is 3.79. The van der Waals surface area contributed by atoms with Crippen molar-refractivity contribution in [1.82, 2.24) is 4.98 Å². The van der Waals surface area contributed by atoms with E-state index < -0.39 is 18.6 Å². The summed E-state index contributed by atoms with van der Waals surface area (Å²) in [5.41, 5.74) is 5.81. The Hall–Kier alpha value is -1.23. The van der Waals surface area contributed by atoms with Crippen molar-refractivity contribution in [2.75, 3.05) is 6.61 Å². The predicted molar refractivity (Wildman–Crippen MR) is 52.9 cm³/mol. The molecule has 1 heterocycles. The topological polar surface area (TPSA) is 48.1 Å². The average molecular weight is 216 g/mol. The van der Waals surface area contributed by atoms with Gasteiger partial charge in [0.2, 0.25) is 5.88 Å². The van der Waals surface area contributed by atoms with Crippen LogP contribution in [0.15, 0.2) is 18.2 Å². The Morgan fingerprint density at radius 3 is 2.67 bits per heavy atom. The number of hydrogen-bond acceptors (Lipinski definition) is 3. The van der Waals surface area contributed by atoms with E-state index in [2.05, 4.69) is 4.98 Å². The molecule has 0 bridgehead atoms. The number of nitrogens with zero attached hydrogens (tertiary/aromatic N) is 1. The first kappa shape index (κ1) is 11.8. The second-order valence-corrected chi connectivity index (χ2v) is 3.78. The second-order valence-electron chi connectivity index (χ2n) is 3.78. The summed E-state index contributed by atoms with van der Waals surface area (Å²) >= 11 is 0. The maximum atomic E-state index is 11.9. The number of aromatic nitrogens is 1. The molecule has 0 aliphatic carbocycles. The third-order valence-electron chi connectivity index (χ3n) is 1.74. The Labute approximate surface area is 87.3 Å². The van der Waals surface area contributed by atoms with Crippen molar-refractivity contribution >= 4 is 0 Å². The third-order valence-corrected chi connectivity index (χ3v) is 1.74. The van der Waals surface area contributed by atoms with E-state index in [1.807, 2.05) is 0 Å². The summed E-state index contributed by atoms with van der Waals surface area (Å²) in [7, 11) is 0. The van der Waals surface area contributed by atoms with Crippen LogP contribution in [0.25, 0.3) is 0 Å². The summed E-state index contributed by atoms with van der Waals surface area (Å²) < 4.78 is 28.5. The van der Waals surface area contributed by atoms with Crippen LogP contribution in [0, 0.1) is 0 Å². The van der Waals surface area contributed by atoms with E-state index in [1.165, 1.54) is 6.07 Å². The standard InChI is InChI=1S/C10H14F2N2O/c1-10(2,13)7-4-3-5-9(14-7)15-6-8(11)12/h3-5,8H,6,13H2,1-2H3. The first-order valence-electron chi connectivity index (χ1n) is 4.57. The van der Waals surface area contributed by atoms with Gasteiger partial charge in [-0.2, -0.15) is 0 Å². The van der Waals surface area contributed by atoms with Crippen LogP contribution in [0.4, 0.5) is 8.78 Å². The number of ether oxygens (including phenoxy) is 1. The smallest absolute Gasteiger partial charge is 0.272 e. The molecule has 0 atom stereocenters. The maximum Gasteiger partial charge on any atom is 0.272 e. The van der Waals surface area contributed by atoms with Crippen LogP contribution in [0.2, 0.25) is 0 Å². The highest BCUT2D eigenvalue weighted by molar-refractivity contribution is 5.20. The number of rotatable bonds is 4. The van der Waals surface area contributed by atoms with Crippen LogP contribution < -0.4 is 10.5 Å². The molecule has 0 saturated carbocycles. The molecular weight excluding hydrogens is 202 g/mol. The molecule has 0 aliphatic rings. The van der Waals surface area contributed by atoms with Gasteiger partial charge in [-0.1, -0.05) is 6.07 Å². The molecular formula is C10H14F2N2O. The normalized spacial score (nSPS) is 11.9. The van der Waals surface area contributed by atoms with Crippen molar-refractivity contribution in [1.29, 1.82) is 0 Å². The lowest BCUT2D eigenvalue weighted by Crippen LogP contribution is -2.29. The summed E-state index contributed by atoms with van der Waals surface area (Å²) in [4.78, 5) is 4.04. The number of pyridine rings is 1. The highest BCUT2D eigenvalue weighted by Gasteiger charge is 2.16. The monoisotopic (exact) mass is 216 g/mol. The number of alkyl halides is 2. The zero-order valence-corrected chi connectivity index (χ0v) is 8.71. The molecule has 2 N–H and O–H groups in total. The quantitative estimate of drug-likeness (QED) is 0.836. The molecule has 5 heteroatoms. The molecule has 1 aromatic heterocycles. The summed E-state index contributed by atoms with van der Waals surface area (Å²) in [6.45, 7) is 2.92. The van der Waals surface area contributed by atoms with Gasteiger partial charge in [-0.3, -0.25) is 0 Å². The summed E-state index contributed by atoms with van der Waals surface area (Å²) in [5, 5.41) is 0. The lowest BCUT2D eigenvalue weighted by atomic mass is 10.0. The molecule has 15 heavy (non-hydrogen) atoms. The van der Waals surface area contributed by atoms with Crippen molar-refractivity contribution in [2.24, 2.45) is 5.73 Å². The Bertz CT molecular complexity index is 323. The van der Waals surface area contributed by atoms with Gasteiger partial charge >= 0.3 is 0 Å². The largest absolute Gasteiger partial charge is 0.472 e. The number of nitrogens with two attached hydrogens (primary N) is 1. The van der Waals surface area contributed by atoms with Gasteiger partial charge in [0.05, 0.1) is 11.2 Å². The van der Waals surface area contributed by atoms with Crippen molar-refractivity contribution in [3.63, 3.8) is 0 Å². The molecule has 1 aromatic rings. The highest BCUT2D eigenvalue weighted by Crippen LogP contribution is 2.17. The molecule has 3 nitrogen and oxygen atoms in total. The molecule has 84 valence electrons. The molecule has 0 unspecified atom stereocenters. The molecule has 0 aliphatic heterocycles. The molecule has 1 rings (SSSR count). The van der Waals surface area contributed by atoms with Crippen LogP contribution >= 0.6 is 0 Å². The van der Waals surface area contributed by atoms with E-state index in [4.69, 9.17) is 10.5 Å². The van der Waals surface area contributed by atoms with Crippen molar-refractivity contribution in [2.45, 2.75) is 25.8 Å². The zero-order chi connectivity index (χ0) is 11.5.